The van der Waals surface area contributed by atoms with Crippen LogP contribution in [0.4, 0.5) is 17.3 Å². The van der Waals surface area contributed by atoms with Crippen molar-refractivity contribution in [3.63, 3.8) is 0 Å². The molecule has 0 aliphatic carbocycles. The molecular formula is C21H21ClN4O. The van der Waals surface area contributed by atoms with E-state index in [1.807, 2.05) is 19.1 Å². The number of hydrogen-bond donors (Lipinski definition) is 2. The van der Waals surface area contributed by atoms with E-state index in [4.69, 9.17) is 11.6 Å². The highest BCUT2D eigenvalue weighted by molar-refractivity contribution is 6.30. The summed E-state index contributed by atoms with van der Waals surface area (Å²) in [6, 6.07) is 13.1. The quantitative estimate of drug-likeness (QED) is 0.608. The van der Waals surface area contributed by atoms with Crippen molar-refractivity contribution in [2.24, 2.45) is 0 Å². The SMILES string of the molecule is Cc1cccc(C(C)C)c1Nc1ncc(C(=O)Nc2ccc(Cl)cc2)cn1. The minimum absolute atomic E-state index is 0.275. The molecule has 5 nitrogen and oxygen atoms in total. The van der Waals surface area contributed by atoms with Crippen LogP contribution < -0.4 is 10.6 Å². The topological polar surface area (TPSA) is 66.9 Å². The zero-order valence-electron chi connectivity index (χ0n) is 15.5. The molecule has 138 valence electrons. The third kappa shape index (κ3) is 4.63. The zero-order chi connectivity index (χ0) is 19.4. The molecule has 1 aromatic heterocycles. The first-order valence-electron chi connectivity index (χ1n) is 8.69. The van der Waals surface area contributed by atoms with Gasteiger partial charge >= 0.3 is 0 Å². The van der Waals surface area contributed by atoms with Gasteiger partial charge in [-0.25, -0.2) is 9.97 Å². The van der Waals surface area contributed by atoms with Gasteiger partial charge in [0.1, 0.15) is 0 Å². The van der Waals surface area contributed by atoms with Crippen LogP contribution in [0.1, 0.15) is 41.3 Å². The predicted molar refractivity (Wildman–Crippen MR) is 110 cm³/mol. The molecular weight excluding hydrogens is 360 g/mol. The third-order valence-corrected chi connectivity index (χ3v) is 4.43. The van der Waals surface area contributed by atoms with Gasteiger partial charge in [-0.1, -0.05) is 43.6 Å². The van der Waals surface area contributed by atoms with Gasteiger partial charge in [-0.15, -0.1) is 0 Å². The fourth-order valence-electron chi connectivity index (χ4n) is 2.70. The van der Waals surface area contributed by atoms with E-state index in [1.165, 1.54) is 18.0 Å². The largest absolute Gasteiger partial charge is 0.324 e. The van der Waals surface area contributed by atoms with Crippen LogP contribution in [0.15, 0.2) is 54.9 Å². The lowest BCUT2D eigenvalue weighted by molar-refractivity contribution is 0.102. The molecule has 0 saturated carbocycles. The fraction of sp³-hybridized carbons (Fsp3) is 0.190. The second kappa shape index (κ2) is 8.18. The molecule has 0 aliphatic heterocycles. The van der Waals surface area contributed by atoms with E-state index >= 15 is 0 Å². The smallest absolute Gasteiger partial charge is 0.258 e. The minimum atomic E-state index is -0.275. The Labute approximate surface area is 163 Å². The number of carbonyl (C=O) groups is 1. The first-order valence-corrected chi connectivity index (χ1v) is 9.07. The number of aryl methyl sites for hydroxylation is 1. The lowest BCUT2D eigenvalue weighted by Gasteiger charge is -2.16. The molecule has 3 aromatic rings. The summed E-state index contributed by atoms with van der Waals surface area (Å²) in [7, 11) is 0. The van der Waals surface area contributed by atoms with E-state index in [9.17, 15) is 4.79 Å². The first-order chi connectivity index (χ1) is 12.9. The van der Waals surface area contributed by atoms with E-state index in [1.54, 1.807) is 24.3 Å². The molecule has 27 heavy (non-hydrogen) atoms. The Morgan fingerprint density at radius 1 is 1.04 bits per heavy atom. The summed E-state index contributed by atoms with van der Waals surface area (Å²) in [5.74, 6) is 0.550. The van der Waals surface area contributed by atoms with Crippen molar-refractivity contribution in [3.8, 4) is 0 Å². The number of carbonyl (C=O) groups excluding carboxylic acids is 1. The standard InChI is InChI=1S/C21H21ClN4O/c1-13(2)18-6-4-5-14(3)19(18)26-21-23-11-15(12-24-21)20(27)25-17-9-7-16(22)8-10-17/h4-13H,1-3H3,(H,25,27)(H,23,24,26). The van der Waals surface area contributed by atoms with Gasteiger partial charge < -0.3 is 10.6 Å². The second-order valence-corrected chi connectivity index (χ2v) is 7.01. The Balaban J connectivity index is 1.74. The number of rotatable bonds is 5. The molecule has 0 saturated heterocycles. The Hall–Kier alpha value is -2.92. The van der Waals surface area contributed by atoms with Crippen molar-refractivity contribution in [2.45, 2.75) is 26.7 Å². The van der Waals surface area contributed by atoms with Gasteiger partial charge in [0.2, 0.25) is 5.95 Å². The molecule has 0 atom stereocenters. The number of aromatic nitrogens is 2. The van der Waals surface area contributed by atoms with Crippen molar-refractivity contribution in [2.75, 3.05) is 10.6 Å². The van der Waals surface area contributed by atoms with Crippen molar-refractivity contribution < 1.29 is 4.79 Å². The monoisotopic (exact) mass is 380 g/mol. The maximum atomic E-state index is 12.3. The number of hydrogen-bond acceptors (Lipinski definition) is 4. The summed E-state index contributed by atoms with van der Waals surface area (Å²) in [5, 5.41) is 6.68. The lowest BCUT2D eigenvalue weighted by Crippen LogP contribution is -2.13. The van der Waals surface area contributed by atoms with E-state index in [0.29, 0.717) is 28.1 Å². The van der Waals surface area contributed by atoms with Gasteiger partial charge in [-0.05, 0) is 48.2 Å². The second-order valence-electron chi connectivity index (χ2n) is 6.58. The number of amides is 1. The molecule has 0 aliphatic rings. The maximum absolute atomic E-state index is 12.3. The van der Waals surface area contributed by atoms with Gasteiger partial charge in [-0.2, -0.15) is 0 Å². The van der Waals surface area contributed by atoms with E-state index < -0.39 is 0 Å². The Morgan fingerprint density at radius 3 is 2.33 bits per heavy atom. The van der Waals surface area contributed by atoms with Crippen molar-refractivity contribution in [3.05, 3.63) is 76.6 Å². The van der Waals surface area contributed by atoms with Gasteiger partial charge in [0.05, 0.1) is 5.56 Å². The Bertz CT molecular complexity index is 937. The first kappa shape index (κ1) is 18.9. The van der Waals surface area contributed by atoms with Gasteiger partial charge in [0, 0.05) is 28.8 Å². The number of para-hydroxylation sites is 1. The van der Waals surface area contributed by atoms with Crippen LogP contribution >= 0.6 is 11.6 Å². The summed E-state index contributed by atoms with van der Waals surface area (Å²) in [4.78, 5) is 20.9. The average Bonchev–Trinajstić information content (AvgIpc) is 2.65. The lowest BCUT2D eigenvalue weighted by atomic mass is 9.98. The molecule has 3 rings (SSSR count). The maximum Gasteiger partial charge on any atom is 0.258 e. The van der Waals surface area contributed by atoms with Crippen molar-refractivity contribution in [1.82, 2.24) is 9.97 Å². The summed E-state index contributed by atoms with van der Waals surface area (Å²) < 4.78 is 0. The molecule has 0 radical (unpaired) electrons. The number of nitrogens with one attached hydrogen (secondary N) is 2. The van der Waals surface area contributed by atoms with Crippen LogP contribution in [0.3, 0.4) is 0 Å². The van der Waals surface area contributed by atoms with Crippen LogP contribution in [0.25, 0.3) is 0 Å². The van der Waals surface area contributed by atoms with E-state index in [-0.39, 0.29) is 5.91 Å². The van der Waals surface area contributed by atoms with Crippen LogP contribution in [0.5, 0.6) is 0 Å². The molecule has 0 spiro atoms. The van der Waals surface area contributed by atoms with E-state index in [0.717, 1.165) is 11.3 Å². The molecule has 0 fully saturated rings. The average molecular weight is 381 g/mol. The molecule has 0 bridgehead atoms. The molecule has 0 unspecified atom stereocenters. The highest BCUT2D eigenvalue weighted by atomic mass is 35.5. The predicted octanol–water partition coefficient (Wildman–Crippen LogP) is 5.56. The Kier molecular flexibility index (Phi) is 5.72. The van der Waals surface area contributed by atoms with Gasteiger partial charge in [0.25, 0.3) is 5.91 Å². The molecule has 2 N–H and O–H groups in total. The number of anilines is 3. The van der Waals surface area contributed by atoms with Gasteiger partial charge in [-0.3, -0.25) is 4.79 Å². The van der Waals surface area contributed by atoms with Crippen LogP contribution in [0.2, 0.25) is 5.02 Å². The zero-order valence-corrected chi connectivity index (χ0v) is 16.2. The number of halogens is 1. The van der Waals surface area contributed by atoms with Crippen molar-refractivity contribution in [1.29, 1.82) is 0 Å². The summed E-state index contributed by atoms with van der Waals surface area (Å²) >= 11 is 5.85. The highest BCUT2D eigenvalue weighted by Crippen LogP contribution is 2.29. The Morgan fingerprint density at radius 2 is 1.70 bits per heavy atom. The molecule has 2 aromatic carbocycles. The summed E-state index contributed by atoms with van der Waals surface area (Å²) in [6.07, 6.45) is 3.02. The molecule has 1 amide bonds. The summed E-state index contributed by atoms with van der Waals surface area (Å²) in [5.41, 5.74) is 4.36. The number of benzene rings is 2. The third-order valence-electron chi connectivity index (χ3n) is 4.18. The number of nitrogens with zero attached hydrogens (tertiary/aromatic N) is 2. The van der Waals surface area contributed by atoms with Crippen molar-refractivity contribution >= 4 is 34.8 Å². The summed E-state index contributed by atoms with van der Waals surface area (Å²) in [6.45, 7) is 6.33. The minimum Gasteiger partial charge on any atom is -0.324 e. The van der Waals surface area contributed by atoms with Crippen LogP contribution in [-0.2, 0) is 0 Å². The fourth-order valence-corrected chi connectivity index (χ4v) is 2.83. The van der Waals surface area contributed by atoms with Gasteiger partial charge in [0.15, 0.2) is 0 Å². The molecule has 1 heterocycles. The van der Waals surface area contributed by atoms with Crippen LogP contribution in [-0.4, -0.2) is 15.9 Å². The van der Waals surface area contributed by atoms with E-state index in [2.05, 4.69) is 40.5 Å². The normalized spacial score (nSPS) is 10.7. The highest BCUT2D eigenvalue weighted by Gasteiger charge is 2.12. The van der Waals surface area contributed by atoms with Crippen LogP contribution in [0, 0.1) is 6.92 Å². The molecule has 6 heteroatoms.